The van der Waals surface area contributed by atoms with Crippen LogP contribution >= 0.6 is 11.6 Å². The van der Waals surface area contributed by atoms with Crippen molar-refractivity contribution in [2.75, 3.05) is 13.7 Å². The number of ether oxygens (including phenoxy) is 1. The van der Waals surface area contributed by atoms with Gasteiger partial charge in [0.2, 0.25) is 5.91 Å². The third kappa shape index (κ3) is 5.50. The van der Waals surface area contributed by atoms with Crippen LogP contribution in [0.15, 0.2) is 53.2 Å². The van der Waals surface area contributed by atoms with Gasteiger partial charge in [0.25, 0.3) is 0 Å². The van der Waals surface area contributed by atoms with Crippen LogP contribution in [0, 0.1) is 5.92 Å². The Morgan fingerprint density at radius 2 is 2.04 bits per heavy atom. The van der Waals surface area contributed by atoms with E-state index in [-0.39, 0.29) is 18.4 Å². The number of amides is 1. The van der Waals surface area contributed by atoms with Crippen LogP contribution in [0.25, 0.3) is 6.08 Å². The van der Waals surface area contributed by atoms with Crippen LogP contribution < -0.4 is 0 Å². The van der Waals surface area contributed by atoms with Gasteiger partial charge in [0, 0.05) is 24.2 Å². The molecular weight excluding hydrogens is 342 g/mol. The smallest absolute Gasteiger partial charge is 0.310 e. The fraction of sp³-hybridized carbons (Fsp3) is 0.263. The molecular formula is C19H20ClNO4. The molecule has 1 heterocycles. The Bertz CT molecular complexity index is 740. The van der Waals surface area contributed by atoms with Gasteiger partial charge in [0.05, 0.1) is 19.3 Å². The maximum absolute atomic E-state index is 12.6. The normalized spacial score (nSPS) is 12.1. The van der Waals surface area contributed by atoms with E-state index in [9.17, 15) is 9.59 Å². The van der Waals surface area contributed by atoms with Gasteiger partial charge in [-0.15, -0.1) is 0 Å². The van der Waals surface area contributed by atoms with Crippen molar-refractivity contribution in [1.29, 1.82) is 0 Å². The zero-order valence-electron chi connectivity index (χ0n) is 14.1. The van der Waals surface area contributed by atoms with Gasteiger partial charge >= 0.3 is 5.97 Å². The first-order chi connectivity index (χ1) is 12.0. The molecule has 0 aliphatic carbocycles. The number of rotatable bonds is 7. The minimum Gasteiger partial charge on any atom is -0.469 e. The van der Waals surface area contributed by atoms with Crippen molar-refractivity contribution in [2.24, 2.45) is 5.92 Å². The first kappa shape index (κ1) is 18.8. The second-order valence-corrected chi connectivity index (χ2v) is 5.99. The molecule has 0 saturated carbocycles. The topological polar surface area (TPSA) is 59.8 Å². The molecule has 6 heteroatoms. The van der Waals surface area contributed by atoms with Crippen LogP contribution in [0.1, 0.15) is 18.2 Å². The molecule has 0 N–H and O–H groups in total. The van der Waals surface area contributed by atoms with Crippen molar-refractivity contribution >= 4 is 29.6 Å². The molecule has 0 aliphatic rings. The van der Waals surface area contributed by atoms with Gasteiger partial charge in [-0.25, -0.2) is 0 Å². The molecule has 1 amide bonds. The number of hydrogen-bond acceptors (Lipinski definition) is 4. The number of hydrogen-bond donors (Lipinski definition) is 0. The summed E-state index contributed by atoms with van der Waals surface area (Å²) in [6.07, 6.45) is 4.54. The lowest BCUT2D eigenvalue weighted by Crippen LogP contribution is -2.36. The van der Waals surface area contributed by atoms with Gasteiger partial charge in [-0.1, -0.05) is 36.7 Å². The number of esters is 1. The van der Waals surface area contributed by atoms with Crippen molar-refractivity contribution in [1.82, 2.24) is 4.90 Å². The minimum absolute atomic E-state index is 0.221. The Morgan fingerprint density at radius 1 is 1.28 bits per heavy atom. The Balaban J connectivity index is 2.17. The molecule has 2 rings (SSSR count). The first-order valence-electron chi connectivity index (χ1n) is 7.83. The Labute approximate surface area is 151 Å². The average molecular weight is 362 g/mol. The van der Waals surface area contributed by atoms with Crippen LogP contribution in [0.3, 0.4) is 0 Å². The molecule has 0 aliphatic heterocycles. The summed E-state index contributed by atoms with van der Waals surface area (Å²) in [5, 5.41) is 0.570. The summed E-state index contributed by atoms with van der Waals surface area (Å²) >= 11 is 6.20. The van der Waals surface area contributed by atoms with E-state index in [1.807, 2.05) is 18.2 Å². The number of nitrogens with zero attached hydrogens (tertiary/aromatic N) is 1. The number of furan rings is 1. The molecule has 0 saturated heterocycles. The predicted octanol–water partition coefficient (Wildman–Crippen LogP) is 3.78. The van der Waals surface area contributed by atoms with Crippen molar-refractivity contribution in [3.8, 4) is 0 Å². The second kappa shape index (κ2) is 9.08. The summed E-state index contributed by atoms with van der Waals surface area (Å²) in [5.41, 5.74) is 0.806. The second-order valence-electron chi connectivity index (χ2n) is 5.58. The molecule has 0 bridgehead atoms. The highest BCUT2D eigenvalue weighted by atomic mass is 35.5. The van der Waals surface area contributed by atoms with Crippen LogP contribution in [-0.4, -0.2) is 30.4 Å². The fourth-order valence-corrected chi connectivity index (χ4v) is 2.51. The molecule has 25 heavy (non-hydrogen) atoms. The highest BCUT2D eigenvalue weighted by molar-refractivity contribution is 6.31. The number of carbonyl (C=O) groups is 2. The number of halogens is 1. The van der Waals surface area contributed by atoms with Crippen LogP contribution in [0.4, 0.5) is 0 Å². The molecule has 1 atom stereocenters. The summed E-state index contributed by atoms with van der Waals surface area (Å²) in [6.45, 7) is 2.23. The predicted molar refractivity (Wildman–Crippen MR) is 95.8 cm³/mol. The fourth-order valence-electron chi connectivity index (χ4n) is 2.32. The SMILES string of the molecule is COC(=O)C(C)CN(Cc1ccccc1Cl)C(=O)/C=C/c1ccco1. The summed E-state index contributed by atoms with van der Waals surface area (Å²) in [6, 6.07) is 10.8. The average Bonchev–Trinajstić information content (AvgIpc) is 3.13. The van der Waals surface area contributed by atoms with Crippen LogP contribution in [-0.2, 0) is 20.9 Å². The van der Waals surface area contributed by atoms with Gasteiger partial charge in [0.1, 0.15) is 5.76 Å². The first-order valence-corrected chi connectivity index (χ1v) is 8.20. The van der Waals surface area contributed by atoms with Gasteiger partial charge in [-0.05, 0) is 29.8 Å². The minimum atomic E-state index is -0.451. The van der Waals surface area contributed by atoms with Crippen LogP contribution in [0.5, 0.6) is 0 Å². The number of methoxy groups -OCH3 is 1. The van der Waals surface area contributed by atoms with E-state index >= 15 is 0 Å². The summed E-state index contributed by atoms with van der Waals surface area (Å²) in [4.78, 5) is 25.9. The Kier molecular flexibility index (Phi) is 6.83. The molecule has 1 aromatic carbocycles. The van der Waals surface area contributed by atoms with E-state index in [1.54, 1.807) is 36.1 Å². The standard InChI is InChI=1S/C19H20ClNO4/c1-14(19(23)24-2)12-21(13-15-6-3-4-8-17(15)20)18(22)10-9-16-7-5-11-25-16/h3-11,14H,12-13H2,1-2H3/b10-9+. The number of carbonyl (C=O) groups excluding carboxylic acids is 2. The lowest BCUT2D eigenvalue weighted by Gasteiger charge is -2.24. The van der Waals surface area contributed by atoms with Crippen molar-refractivity contribution in [3.05, 3.63) is 65.1 Å². The molecule has 0 radical (unpaired) electrons. The monoisotopic (exact) mass is 361 g/mol. The maximum Gasteiger partial charge on any atom is 0.310 e. The van der Waals surface area contributed by atoms with E-state index in [2.05, 4.69) is 0 Å². The molecule has 0 fully saturated rings. The lowest BCUT2D eigenvalue weighted by atomic mass is 10.1. The molecule has 132 valence electrons. The molecule has 5 nitrogen and oxygen atoms in total. The van der Waals surface area contributed by atoms with Crippen molar-refractivity contribution in [2.45, 2.75) is 13.5 Å². The molecule has 0 spiro atoms. The zero-order chi connectivity index (χ0) is 18.2. The van der Waals surface area contributed by atoms with Gasteiger partial charge in [-0.3, -0.25) is 9.59 Å². The van der Waals surface area contributed by atoms with E-state index in [4.69, 9.17) is 20.8 Å². The van der Waals surface area contributed by atoms with E-state index in [0.717, 1.165) is 5.56 Å². The molecule has 2 aromatic rings. The third-order valence-electron chi connectivity index (χ3n) is 3.66. The van der Waals surface area contributed by atoms with Crippen molar-refractivity contribution in [3.63, 3.8) is 0 Å². The highest BCUT2D eigenvalue weighted by Crippen LogP contribution is 2.18. The largest absolute Gasteiger partial charge is 0.469 e. The van der Waals surface area contributed by atoms with Gasteiger partial charge in [0.15, 0.2) is 0 Å². The molecule has 1 aromatic heterocycles. The summed E-state index contributed by atoms with van der Waals surface area (Å²) in [5.74, 6) is -0.487. The van der Waals surface area contributed by atoms with E-state index in [1.165, 1.54) is 19.4 Å². The molecule has 1 unspecified atom stereocenters. The summed E-state index contributed by atoms with van der Waals surface area (Å²) < 4.78 is 9.93. The quantitative estimate of drug-likeness (QED) is 0.556. The summed E-state index contributed by atoms with van der Waals surface area (Å²) in [7, 11) is 1.33. The zero-order valence-corrected chi connectivity index (χ0v) is 14.9. The van der Waals surface area contributed by atoms with Crippen LogP contribution in [0.2, 0.25) is 5.02 Å². The van der Waals surface area contributed by atoms with E-state index < -0.39 is 5.92 Å². The van der Waals surface area contributed by atoms with Crippen molar-refractivity contribution < 1.29 is 18.7 Å². The third-order valence-corrected chi connectivity index (χ3v) is 4.03. The van der Waals surface area contributed by atoms with Gasteiger partial charge < -0.3 is 14.1 Å². The maximum atomic E-state index is 12.6. The Hall–Kier alpha value is -2.53. The Morgan fingerprint density at radius 3 is 2.68 bits per heavy atom. The number of benzene rings is 1. The van der Waals surface area contributed by atoms with Gasteiger partial charge in [-0.2, -0.15) is 0 Å². The highest BCUT2D eigenvalue weighted by Gasteiger charge is 2.21. The van der Waals surface area contributed by atoms with E-state index in [0.29, 0.717) is 17.3 Å². The lowest BCUT2D eigenvalue weighted by molar-refractivity contribution is -0.146.